The molecule has 2 fully saturated rings. The van der Waals surface area contributed by atoms with E-state index in [2.05, 4.69) is 26.1 Å². The van der Waals surface area contributed by atoms with Gasteiger partial charge in [-0.05, 0) is 25.2 Å². The van der Waals surface area contributed by atoms with E-state index < -0.39 is 0 Å². The van der Waals surface area contributed by atoms with E-state index in [4.69, 9.17) is 4.74 Å². The maximum Gasteiger partial charge on any atom is 0.241 e. The van der Waals surface area contributed by atoms with Crippen molar-refractivity contribution in [1.29, 1.82) is 0 Å². The zero-order valence-corrected chi connectivity index (χ0v) is 13.9. The van der Waals surface area contributed by atoms with Gasteiger partial charge >= 0.3 is 0 Å². The Bertz CT molecular complexity index is 327. The maximum absolute atomic E-state index is 12.5. The highest BCUT2D eigenvalue weighted by Crippen LogP contribution is 2.22. The smallest absolute Gasteiger partial charge is 0.241 e. The normalized spacial score (nSPS) is 27.8. The molecule has 21 heavy (non-hydrogen) atoms. The average molecular weight is 296 g/mol. The molecule has 4 heteroatoms. The van der Waals surface area contributed by atoms with Gasteiger partial charge in [0.1, 0.15) is 0 Å². The van der Waals surface area contributed by atoms with E-state index in [0.717, 1.165) is 19.4 Å². The van der Waals surface area contributed by atoms with Crippen LogP contribution in [0.15, 0.2) is 0 Å². The lowest BCUT2D eigenvalue weighted by Gasteiger charge is -2.28. The SMILES string of the molecule is CCCC1NC(C(C)C)N(CCOC2CCCCC2)C1=O. The van der Waals surface area contributed by atoms with Crippen molar-refractivity contribution in [2.45, 2.75) is 84.0 Å². The van der Waals surface area contributed by atoms with Crippen LogP contribution < -0.4 is 5.32 Å². The summed E-state index contributed by atoms with van der Waals surface area (Å²) in [6.45, 7) is 7.89. The molecule has 2 unspecified atom stereocenters. The van der Waals surface area contributed by atoms with E-state index in [1.54, 1.807) is 0 Å². The van der Waals surface area contributed by atoms with Gasteiger partial charge < -0.3 is 9.64 Å². The van der Waals surface area contributed by atoms with E-state index in [9.17, 15) is 4.79 Å². The molecular weight excluding hydrogens is 264 g/mol. The molecule has 1 aliphatic heterocycles. The minimum Gasteiger partial charge on any atom is -0.376 e. The van der Waals surface area contributed by atoms with Gasteiger partial charge in [0.2, 0.25) is 5.91 Å². The summed E-state index contributed by atoms with van der Waals surface area (Å²) in [6, 6.07) is 0.0112. The van der Waals surface area contributed by atoms with Gasteiger partial charge in [-0.1, -0.05) is 46.5 Å². The van der Waals surface area contributed by atoms with Crippen molar-refractivity contribution >= 4 is 5.91 Å². The fourth-order valence-corrected chi connectivity index (χ4v) is 3.55. The molecule has 1 saturated carbocycles. The van der Waals surface area contributed by atoms with Crippen LogP contribution in [0.5, 0.6) is 0 Å². The molecule has 2 atom stereocenters. The van der Waals surface area contributed by atoms with Crippen LogP contribution in [0.4, 0.5) is 0 Å². The summed E-state index contributed by atoms with van der Waals surface area (Å²) in [7, 11) is 0. The lowest BCUT2D eigenvalue weighted by atomic mass is 9.98. The highest BCUT2D eigenvalue weighted by atomic mass is 16.5. The van der Waals surface area contributed by atoms with Gasteiger partial charge in [-0.3, -0.25) is 10.1 Å². The van der Waals surface area contributed by atoms with Gasteiger partial charge in [0.25, 0.3) is 0 Å². The Morgan fingerprint density at radius 2 is 2.00 bits per heavy atom. The number of nitrogens with one attached hydrogen (secondary N) is 1. The molecule has 2 rings (SSSR count). The molecule has 1 amide bonds. The summed E-state index contributed by atoms with van der Waals surface area (Å²) in [6.07, 6.45) is 8.89. The molecule has 0 aromatic carbocycles. The van der Waals surface area contributed by atoms with Gasteiger partial charge in [0.15, 0.2) is 0 Å². The monoisotopic (exact) mass is 296 g/mol. The molecule has 1 aliphatic carbocycles. The standard InChI is InChI=1S/C17H32N2O2/c1-4-8-15-17(20)19(16(18-15)13(2)3)11-12-21-14-9-6-5-7-10-14/h13-16,18H,4-12H2,1-3H3. The van der Waals surface area contributed by atoms with Crippen LogP contribution in [-0.4, -0.2) is 42.3 Å². The molecule has 0 aromatic heterocycles. The first kappa shape index (κ1) is 16.8. The summed E-state index contributed by atoms with van der Waals surface area (Å²) < 4.78 is 5.99. The van der Waals surface area contributed by atoms with Gasteiger partial charge in [0.05, 0.1) is 24.9 Å². The van der Waals surface area contributed by atoms with E-state index >= 15 is 0 Å². The number of hydrogen-bond donors (Lipinski definition) is 1. The number of carbonyl (C=O) groups is 1. The first-order valence-corrected chi connectivity index (χ1v) is 8.81. The molecule has 2 aliphatic rings. The van der Waals surface area contributed by atoms with Crippen LogP contribution in [-0.2, 0) is 9.53 Å². The summed E-state index contributed by atoms with van der Waals surface area (Å²) in [5, 5.41) is 3.50. The first-order valence-electron chi connectivity index (χ1n) is 8.81. The largest absolute Gasteiger partial charge is 0.376 e. The maximum atomic E-state index is 12.5. The molecule has 4 nitrogen and oxygen atoms in total. The van der Waals surface area contributed by atoms with Gasteiger partial charge in [-0.25, -0.2) is 0 Å². The van der Waals surface area contributed by atoms with Crippen molar-refractivity contribution in [2.24, 2.45) is 5.92 Å². The van der Waals surface area contributed by atoms with Crippen molar-refractivity contribution in [3.05, 3.63) is 0 Å². The van der Waals surface area contributed by atoms with Gasteiger partial charge in [-0.15, -0.1) is 0 Å². The highest BCUT2D eigenvalue weighted by Gasteiger charge is 2.39. The summed E-state index contributed by atoms with van der Waals surface area (Å²) in [5.74, 6) is 0.702. The number of amides is 1. The van der Waals surface area contributed by atoms with Crippen LogP contribution in [0.3, 0.4) is 0 Å². The van der Waals surface area contributed by atoms with Crippen molar-refractivity contribution in [3.8, 4) is 0 Å². The number of rotatable bonds is 7. The molecule has 1 heterocycles. The van der Waals surface area contributed by atoms with Crippen LogP contribution in [0.25, 0.3) is 0 Å². The van der Waals surface area contributed by atoms with E-state index in [-0.39, 0.29) is 18.1 Å². The minimum absolute atomic E-state index is 0.0112. The van der Waals surface area contributed by atoms with Crippen LogP contribution in [0.1, 0.15) is 65.7 Å². The molecular formula is C17H32N2O2. The molecule has 1 saturated heterocycles. The number of ether oxygens (including phenoxy) is 1. The van der Waals surface area contributed by atoms with Crippen molar-refractivity contribution in [3.63, 3.8) is 0 Å². The Morgan fingerprint density at radius 1 is 1.29 bits per heavy atom. The quantitative estimate of drug-likeness (QED) is 0.785. The lowest BCUT2D eigenvalue weighted by Crippen LogP contribution is -2.43. The van der Waals surface area contributed by atoms with Crippen LogP contribution in [0, 0.1) is 5.92 Å². The Labute approximate surface area is 129 Å². The molecule has 1 N–H and O–H groups in total. The predicted octanol–water partition coefficient (Wildman–Crippen LogP) is 2.92. The zero-order chi connectivity index (χ0) is 15.2. The van der Waals surface area contributed by atoms with Crippen LogP contribution >= 0.6 is 0 Å². The third kappa shape index (κ3) is 4.43. The van der Waals surface area contributed by atoms with Crippen molar-refractivity contribution < 1.29 is 9.53 Å². The van der Waals surface area contributed by atoms with E-state index in [0.29, 0.717) is 18.6 Å². The Morgan fingerprint density at radius 3 is 2.62 bits per heavy atom. The number of nitrogens with zero attached hydrogens (tertiary/aromatic N) is 1. The van der Waals surface area contributed by atoms with Crippen molar-refractivity contribution in [1.82, 2.24) is 10.2 Å². The molecule has 0 bridgehead atoms. The molecule has 122 valence electrons. The lowest BCUT2D eigenvalue weighted by molar-refractivity contribution is -0.131. The molecule has 0 spiro atoms. The fourth-order valence-electron chi connectivity index (χ4n) is 3.55. The molecule has 0 radical (unpaired) electrons. The van der Waals surface area contributed by atoms with Crippen molar-refractivity contribution in [2.75, 3.05) is 13.2 Å². The number of hydrogen-bond acceptors (Lipinski definition) is 3. The van der Waals surface area contributed by atoms with E-state index in [1.807, 2.05) is 4.90 Å². The second kappa shape index (κ2) is 8.14. The second-order valence-electron chi connectivity index (χ2n) is 6.86. The fraction of sp³-hybridized carbons (Fsp3) is 0.941. The Kier molecular flexibility index (Phi) is 6.49. The summed E-state index contributed by atoms with van der Waals surface area (Å²) in [4.78, 5) is 14.5. The second-order valence-corrected chi connectivity index (χ2v) is 6.86. The summed E-state index contributed by atoms with van der Waals surface area (Å²) >= 11 is 0. The third-order valence-corrected chi connectivity index (χ3v) is 4.74. The number of carbonyl (C=O) groups excluding carboxylic acids is 1. The topological polar surface area (TPSA) is 41.6 Å². The minimum atomic E-state index is 0.0112. The molecule has 0 aromatic rings. The first-order chi connectivity index (χ1) is 10.1. The zero-order valence-electron chi connectivity index (χ0n) is 13.9. The Hall–Kier alpha value is -0.610. The highest BCUT2D eigenvalue weighted by molar-refractivity contribution is 5.84. The van der Waals surface area contributed by atoms with Gasteiger partial charge in [0, 0.05) is 6.54 Å². The van der Waals surface area contributed by atoms with Gasteiger partial charge in [-0.2, -0.15) is 0 Å². The van der Waals surface area contributed by atoms with E-state index in [1.165, 1.54) is 32.1 Å². The predicted molar refractivity (Wildman–Crippen MR) is 85.0 cm³/mol. The third-order valence-electron chi connectivity index (χ3n) is 4.74. The van der Waals surface area contributed by atoms with Crippen LogP contribution in [0.2, 0.25) is 0 Å². The Balaban J connectivity index is 1.82. The summed E-state index contributed by atoms with van der Waals surface area (Å²) in [5.41, 5.74) is 0. The average Bonchev–Trinajstić information content (AvgIpc) is 2.78.